The summed E-state index contributed by atoms with van der Waals surface area (Å²) in [6.07, 6.45) is -8.33. The summed E-state index contributed by atoms with van der Waals surface area (Å²) in [7, 11) is 0. The van der Waals surface area contributed by atoms with E-state index in [1.165, 1.54) is 23.8 Å². The van der Waals surface area contributed by atoms with Crippen LogP contribution in [0.3, 0.4) is 0 Å². The highest BCUT2D eigenvalue weighted by molar-refractivity contribution is 5.79. The third kappa shape index (κ3) is 2.57. The molecule has 0 spiro atoms. The molecule has 1 aliphatic heterocycles. The molecule has 0 bridgehead atoms. The zero-order valence-electron chi connectivity index (χ0n) is 11.9. The van der Waals surface area contributed by atoms with Gasteiger partial charge >= 0.3 is 6.18 Å². The molecule has 3 N–H and O–H groups in total. The molecule has 1 aliphatic rings. The third-order valence-electron chi connectivity index (χ3n) is 3.74. The van der Waals surface area contributed by atoms with Gasteiger partial charge in [-0.25, -0.2) is 9.97 Å². The molecule has 23 heavy (non-hydrogen) atoms. The largest absolute Gasteiger partial charge is 0.434 e. The first-order valence-electron chi connectivity index (χ1n) is 6.79. The minimum Gasteiger partial charge on any atom is -0.394 e. The molecular formula is C13H14F3N3O4. The smallest absolute Gasteiger partial charge is 0.394 e. The van der Waals surface area contributed by atoms with E-state index in [4.69, 9.17) is 9.84 Å². The number of fused-ring (bicyclic) bond motifs is 1. The van der Waals surface area contributed by atoms with E-state index < -0.39 is 43.0 Å². The van der Waals surface area contributed by atoms with E-state index in [0.29, 0.717) is 0 Å². The van der Waals surface area contributed by atoms with E-state index in [2.05, 4.69) is 9.97 Å². The van der Waals surface area contributed by atoms with Crippen molar-refractivity contribution in [3.8, 4) is 0 Å². The predicted octanol–water partition coefficient (Wildman–Crippen LogP) is 0.370. The summed E-state index contributed by atoms with van der Waals surface area (Å²) in [4.78, 5) is 7.42. The zero-order valence-corrected chi connectivity index (χ0v) is 11.9. The number of aromatic nitrogens is 3. The second-order valence-corrected chi connectivity index (χ2v) is 5.31. The molecule has 1 fully saturated rings. The fourth-order valence-electron chi connectivity index (χ4n) is 2.67. The number of hydrogen-bond donors (Lipinski definition) is 3. The van der Waals surface area contributed by atoms with E-state index in [1.54, 1.807) is 0 Å². The fourth-order valence-corrected chi connectivity index (χ4v) is 2.67. The Morgan fingerprint density at radius 1 is 1.26 bits per heavy atom. The van der Waals surface area contributed by atoms with Gasteiger partial charge in [-0.2, -0.15) is 13.2 Å². The fraction of sp³-hybridized carbons (Fsp3) is 0.538. The normalized spacial score (nSPS) is 28.7. The number of ether oxygens (including phenoxy) is 1. The van der Waals surface area contributed by atoms with Crippen molar-refractivity contribution in [1.29, 1.82) is 0 Å². The maximum absolute atomic E-state index is 13.1. The molecule has 0 aromatic carbocycles. The van der Waals surface area contributed by atoms with Gasteiger partial charge in [0.25, 0.3) is 0 Å². The lowest BCUT2D eigenvalue weighted by Crippen LogP contribution is -2.33. The Hall–Kier alpha value is -1.75. The summed E-state index contributed by atoms with van der Waals surface area (Å²) < 4.78 is 45.8. The Bertz CT molecular complexity index is 733. The van der Waals surface area contributed by atoms with Gasteiger partial charge in [-0.05, 0) is 13.0 Å². The summed E-state index contributed by atoms with van der Waals surface area (Å²) in [5.41, 5.74) is -1.15. The van der Waals surface area contributed by atoms with Gasteiger partial charge in [0.05, 0.1) is 6.61 Å². The van der Waals surface area contributed by atoms with E-state index in [9.17, 15) is 23.4 Å². The maximum Gasteiger partial charge on any atom is 0.434 e. The van der Waals surface area contributed by atoms with Gasteiger partial charge in [0.1, 0.15) is 29.8 Å². The van der Waals surface area contributed by atoms with Crippen molar-refractivity contribution < 1.29 is 33.2 Å². The van der Waals surface area contributed by atoms with Crippen LogP contribution >= 0.6 is 0 Å². The SMILES string of the molecule is Cc1nc(C(F)(F)F)c2ccn([C@@H]3O[C@H](CO)[C@@H](O)[C@H]3O)c2n1. The van der Waals surface area contributed by atoms with Gasteiger partial charge in [0.15, 0.2) is 11.9 Å². The van der Waals surface area contributed by atoms with Gasteiger partial charge in [-0.1, -0.05) is 0 Å². The standard InChI is InChI=1S/C13H14F3N3O4/c1-5-17-10(13(14,15)16)6-2-3-19(11(6)18-5)12-9(22)8(21)7(4-20)23-12/h2-3,7-9,12,20-22H,4H2,1H3/t7-,8-,9-,12-/m1/s1. The number of halogens is 3. The lowest BCUT2D eigenvalue weighted by molar-refractivity contribution is -0.139. The Balaban J connectivity index is 2.12. The van der Waals surface area contributed by atoms with Gasteiger partial charge in [-0.3, -0.25) is 0 Å². The molecule has 0 unspecified atom stereocenters. The molecule has 2 aromatic heterocycles. The summed E-state index contributed by atoms with van der Waals surface area (Å²) >= 11 is 0. The number of alkyl halides is 3. The molecule has 0 radical (unpaired) electrons. The Morgan fingerprint density at radius 3 is 2.52 bits per heavy atom. The maximum atomic E-state index is 13.1. The number of hydrogen-bond acceptors (Lipinski definition) is 6. The number of aliphatic hydroxyl groups excluding tert-OH is 3. The summed E-state index contributed by atoms with van der Waals surface area (Å²) in [5, 5.41) is 28.7. The van der Waals surface area contributed by atoms with Crippen LogP contribution in [0.2, 0.25) is 0 Å². The van der Waals surface area contributed by atoms with E-state index in [-0.39, 0.29) is 16.9 Å². The summed E-state index contributed by atoms with van der Waals surface area (Å²) in [6, 6.07) is 1.17. The van der Waals surface area contributed by atoms with Crippen LogP contribution in [-0.2, 0) is 10.9 Å². The van der Waals surface area contributed by atoms with Crippen LogP contribution in [0.5, 0.6) is 0 Å². The van der Waals surface area contributed by atoms with Crippen LogP contribution in [-0.4, -0.2) is 54.8 Å². The van der Waals surface area contributed by atoms with Crippen molar-refractivity contribution in [3.05, 3.63) is 23.8 Å². The van der Waals surface area contributed by atoms with Gasteiger partial charge in [-0.15, -0.1) is 0 Å². The second-order valence-electron chi connectivity index (χ2n) is 5.31. The highest BCUT2D eigenvalue weighted by Crippen LogP contribution is 2.36. The number of aryl methyl sites for hydroxylation is 1. The zero-order chi connectivity index (χ0) is 16.9. The average Bonchev–Trinajstić information content (AvgIpc) is 3.00. The monoisotopic (exact) mass is 333 g/mol. The minimum absolute atomic E-state index is 0.0698. The Labute approximate surface area is 128 Å². The van der Waals surface area contributed by atoms with E-state index in [1.807, 2.05) is 0 Å². The Kier molecular flexibility index (Phi) is 3.79. The molecule has 1 saturated heterocycles. The van der Waals surface area contributed by atoms with E-state index >= 15 is 0 Å². The molecule has 7 nitrogen and oxygen atoms in total. The van der Waals surface area contributed by atoms with Crippen LogP contribution in [0, 0.1) is 6.92 Å². The van der Waals surface area contributed by atoms with Crippen LogP contribution in [0.25, 0.3) is 11.0 Å². The molecule has 3 rings (SSSR count). The second kappa shape index (κ2) is 5.41. The molecule has 2 aromatic rings. The first-order valence-corrected chi connectivity index (χ1v) is 6.79. The minimum atomic E-state index is -4.65. The molecule has 10 heteroatoms. The lowest BCUT2D eigenvalue weighted by atomic mass is 10.1. The quantitative estimate of drug-likeness (QED) is 0.734. The summed E-state index contributed by atoms with van der Waals surface area (Å²) in [5.74, 6) is -0.0866. The highest BCUT2D eigenvalue weighted by Gasteiger charge is 2.44. The molecule has 126 valence electrons. The van der Waals surface area contributed by atoms with Gasteiger partial charge in [0.2, 0.25) is 0 Å². The first-order chi connectivity index (χ1) is 10.7. The first kappa shape index (κ1) is 16.1. The third-order valence-corrected chi connectivity index (χ3v) is 3.74. The van der Waals surface area contributed by atoms with Crippen molar-refractivity contribution >= 4 is 11.0 Å². The molecule has 0 saturated carbocycles. The Morgan fingerprint density at radius 2 is 1.96 bits per heavy atom. The molecule has 3 heterocycles. The summed E-state index contributed by atoms with van der Waals surface area (Å²) in [6.45, 7) is 0.791. The predicted molar refractivity (Wildman–Crippen MR) is 70.3 cm³/mol. The number of rotatable bonds is 2. The van der Waals surface area contributed by atoms with Crippen molar-refractivity contribution in [2.45, 2.75) is 37.6 Å². The topological polar surface area (TPSA) is 101 Å². The molecule has 4 atom stereocenters. The van der Waals surface area contributed by atoms with Crippen LogP contribution in [0.1, 0.15) is 17.7 Å². The van der Waals surface area contributed by atoms with Crippen LogP contribution in [0.4, 0.5) is 13.2 Å². The van der Waals surface area contributed by atoms with Crippen molar-refractivity contribution in [3.63, 3.8) is 0 Å². The highest BCUT2D eigenvalue weighted by atomic mass is 19.4. The molecular weight excluding hydrogens is 319 g/mol. The van der Waals surface area contributed by atoms with Gasteiger partial charge < -0.3 is 24.6 Å². The number of aliphatic hydroxyl groups is 3. The van der Waals surface area contributed by atoms with Crippen molar-refractivity contribution in [2.75, 3.05) is 6.61 Å². The molecule has 0 amide bonds. The van der Waals surface area contributed by atoms with E-state index in [0.717, 1.165) is 0 Å². The van der Waals surface area contributed by atoms with Crippen LogP contribution in [0.15, 0.2) is 12.3 Å². The van der Waals surface area contributed by atoms with Gasteiger partial charge in [0, 0.05) is 11.6 Å². The van der Waals surface area contributed by atoms with Crippen LogP contribution < -0.4 is 0 Å². The van der Waals surface area contributed by atoms with Crippen molar-refractivity contribution in [1.82, 2.24) is 14.5 Å². The molecule has 0 aliphatic carbocycles. The lowest BCUT2D eigenvalue weighted by Gasteiger charge is -2.18. The average molecular weight is 333 g/mol. The van der Waals surface area contributed by atoms with Crippen molar-refractivity contribution in [2.24, 2.45) is 0 Å². The number of nitrogens with zero attached hydrogens (tertiary/aromatic N) is 3.